The van der Waals surface area contributed by atoms with E-state index < -0.39 is 22.5 Å². The number of aliphatic hydroxyl groups is 1. The van der Waals surface area contributed by atoms with Crippen LogP contribution < -0.4 is 4.74 Å². The highest BCUT2D eigenvalue weighted by atomic mass is 35.5. The van der Waals surface area contributed by atoms with Gasteiger partial charge in [0.25, 0.3) is 0 Å². The Morgan fingerprint density at radius 3 is 2.88 bits per heavy atom. The smallest absolute Gasteiger partial charge is 0.313 e. The zero-order valence-corrected chi connectivity index (χ0v) is 8.85. The van der Waals surface area contributed by atoms with Crippen LogP contribution in [-0.4, -0.2) is 28.6 Å². The van der Waals surface area contributed by atoms with Crippen molar-refractivity contribution in [3.63, 3.8) is 0 Å². The molecule has 16 heavy (non-hydrogen) atoms. The normalized spacial score (nSPS) is 12.2. The van der Waals surface area contributed by atoms with Crippen molar-refractivity contribution in [1.29, 1.82) is 0 Å². The molecule has 1 rings (SSSR count). The first-order valence-corrected chi connectivity index (χ1v) is 4.89. The van der Waals surface area contributed by atoms with Gasteiger partial charge in [0.1, 0.15) is 18.5 Å². The fourth-order valence-electron chi connectivity index (χ4n) is 0.986. The average molecular weight is 250 g/mol. The summed E-state index contributed by atoms with van der Waals surface area (Å²) in [5.74, 6) is -0.873. The van der Waals surface area contributed by atoms with Crippen LogP contribution in [0.3, 0.4) is 0 Å². The molecule has 0 saturated carbocycles. The predicted octanol–water partition coefficient (Wildman–Crippen LogP) is 1.71. The maximum Gasteiger partial charge on any atom is 0.313 e. The van der Waals surface area contributed by atoms with E-state index in [1.165, 1.54) is 0 Å². The second-order valence-electron chi connectivity index (χ2n) is 2.99. The van der Waals surface area contributed by atoms with Crippen molar-refractivity contribution in [3.05, 3.63) is 34.1 Å². The summed E-state index contributed by atoms with van der Waals surface area (Å²) in [6, 6.07) is 2.92. The van der Waals surface area contributed by atoms with E-state index in [0.717, 1.165) is 18.2 Å². The molecule has 0 radical (unpaired) electrons. The summed E-state index contributed by atoms with van der Waals surface area (Å²) in [4.78, 5) is 9.80. The summed E-state index contributed by atoms with van der Waals surface area (Å²) in [6.07, 6.45) is -0.925. The lowest BCUT2D eigenvalue weighted by atomic mass is 10.3. The van der Waals surface area contributed by atoms with Gasteiger partial charge in [0.2, 0.25) is 0 Å². The molecule has 1 unspecified atom stereocenters. The topological polar surface area (TPSA) is 72.6 Å². The molecule has 7 heteroatoms. The maximum absolute atomic E-state index is 12.7. The molecule has 0 fully saturated rings. The van der Waals surface area contributed by atoms with E-state index >= 15 is 0 Å². The van der Waals surface area contributed by atoms with Crippen LogP contribution in [0.15, 0.2) is 18.2 Å². The summed E-state index contributed by atoms with van der Waals surface area (Å²) in [5, 5.41) is 19.7. The summed E-state index contributed by atoms with van der Waals surface area (Å²) in [6.45, 7) is -0.185. The molecule has 1 N–H and O–H groups in total. The molecular formula is C9H9ClFNO4. The summed E-state index contributed by atoms with van der Waals surface area (Å²) in [7, 11) is 0. The van der Waals surface area contributed by atoms with Crippen molar-refractivity contribution >= 4 is 17.3 Å². The Balaban J connectivity index is 2.82. The molecular weight excluding hydrogens is 241 g/mol. The van der Waals surface area contributed by atoms with Crippen molar-refractivity contribution in [2.24, 2.45) is 0 Å². The molecule has 88 valence electrons. The second-order valence-corrected chi connectivity index (χ2v) is 3.30. The highest BCUT2D eigenvalue weighted by Crippen LogP contribution is 2.27. The molecule has 0 saturated heterocycles. The molecule has 0 aliphatic carbocycles. The summed E-state index contributed by atoms with van der Waals surface area (Å²) < 4.78 is 17.7. The van der Waals surface area contributed by atoms with Crippen LogP contribution in [-0.2, 0) is 0 Å². The molecule has 0 aliphatic heterocycles. The molecule has 0 aliphatic rings. The van der Waals surface area contributed by atoms with Crippen LogP contribution in [0.5, 0.6) is 5.75 Å². The van der Waals surface area contributed by atoms with E-state index in [-0.39, 0.29) is 18.2 Å². The molecule has 0 heterocycles. The third-order valence-electron chi connectivity index (χ3n) is 1.73. The van der Waals surface area contributed by atoms with Crippen LogP contribution in [0.2, 0.25) is 0 Å². The van der Waals surface area contributed by atoms with Crippen molar-refractivity contribution < 1.29 is 19.2 Å². The van der Waals surface area contributed by atoms with E-state index in [9.17, 15) is 14.5 Å². The maximum atomic E-state index is 12.7. The van der Waals surface area contributed by atoms with Gasteiger partial charge in [0.05, 0.1) is 16.9 Å². The van der Waals surface area contributed by atoms with Gasteiger partial charge in [-0.2, -0.15) is 0 Å². The summed E-state index contributed by atoms with van der Waals surface area (Å²) >= 11 is 5.32. The third kappa shape index (κ3) is 3.32. The Kier molecular flexibility index (Phi) is 4.45. The Morgan fingerprint density at radius 2 is 2.31 bits per heavy atom. The van der Waals surface area contributed by atoms with Gasteiger partial charge in [0, 0.05) is 0 Å². The number of benzene rings is 1. The SMILES string of the molecule is O=[N+]([O-])c1cc(F)ccc1OCC(O)CCl. The number of hydrogen-bond acceptors (Lipinski definition) is 4. The second kappa shape index (κ2) is 5.62. The minimum absolute atomic E-state index is 0.0466. The van der Waals surface area contributed by atoms with Gasteiger partial charge in [-0.15, -0.1) is 11.6 Å². The van der Waals surface area contributed by atoms with Gasteiger partial charge < -0.3 is 9.84 Å². The number of nitro benzene ring substituents is 1. The largest absolute Gasteiger partial charge is 0.484 e. The number of aliphatic hydroxyl groups excluding tert-OH is 1. The summed E-state index contributed by atoms with van der Waals surface area (Å²) in [5.41, 5.74) is -0.484. The van der Waals surface area contributed by atoms with Crippen LogP contribution in [0.1, 0.15) is 0 Å². The van der Waals surface area contributed by atoms with Gasteiger partial charge in [-0.1, -0.05) is 0 Å². The fraction of sp³-hybridized carbons (Fsp3) is 0.333. The Bertz CT molecular complexity index is 388. The number of rotatable bonds is 5. The minimum atomic E-state index is -0.925. The van der Waals surface area contributed by atoms with E-state index in [1.54, 1.807) is 0 Å². The van der Waals surface area contributed by atoms with Gasteiger partial charge in [-0.05, 0) is 12.1 Å². The molecule has 1 atom stereocenters. The monoisotopic (exact) mass is 249 g/mol. The van der Waals surface area contributed by atoms with E-state index in [1.807, 2.05) is 0 Å². The number of ether oxygens (including phenoxy) is 1. The van der Waals surface area contributed by atoms with Gasteiger partial charge in [-0.25, -0.2) is 4.39 Å². The lowest BCUT2D eigenvalue weighted by Crippen LogP contribution is -2.19. The first-order chi connectivity index (χ1) is 7.54. The van der Waals surface area contributed by atoms with Gasteiger partial charge in [-0.3, -0.25) is 10.1 Å². The van der Waals surface area contributed by atoms with E-state index in [0.29, 0.717) is 0 Å². The third-order valence-corrected chi connectivity index (χ3v) is 2.08. The minimum Gasteiger partial charge on any atom is -0.484 e. The molecule has 0 aromatic heterocycles. The van der Waals surface area contributed by atoms with Gasteiger partial charge in [0.15, 0.2) is 5.75 Å². The quantitative estimate of drug-likeness (QED) is 0.490. The van der Waals surface area contributed by atoms with Crippen LogP contribution >= 0.6 is 11.6 Å². The number of halogens is 2. The first kappa shape index (κ1) is 12.7. The highest BCUT2D eigenvalue weighted by Gasteiger charge is 2.17. The molecule has 1 aromatic rings. The van der Waals surface area contributed by atoms with Crippen molar-refractivity contribution in [2.45, 2.75) is 6.10 Å². The van der Waals surface area contributed by atoms with Crippen LogP contribution in [0.25, 0.3) is 0 Å². The molecule has 1 aromatic carbocycles. The standard InChI is InChI=1S/C9H9ClFNO4/c10-4-7(13)5-16-9-2-1-6(11)3-8(9)12(14)15/h1-3,7,13H,4-5H2. The van der Waals surface area contributed by atoms with Crippen LogP contribution in [0.4, 0.5) is 10.1 Å². The van der Waals surface area contributed by atoms with E-state index in [4.69, 9.17) is 21.4 Å². The van der Waals surface area contributed by atoms with Crippen molar-refractivity contribution in [3.8, 4) is 5.75 Å². The van der Waals surface area contributed by atoms with Gasteiger partial charge >= 0.3 is 5.69 Å². The predicted molar refractivity (Wildman–Crippen MR) is 55.3 cm³/mol. The Morgan fingerprint density at radius 1 is 1.62 bits per heavy atom. The highest BCUT2D eigenvalue weighted by molar-refractivity contribution is 6.18. The van der Waals surface area contributed by atoms with E-state index in [2.05, 4.69) is 0 Å². The number of alkyl halides is 1. The zero-order valence-electron chi connectivity index (χ0n) is 8.10. The fourth-order valence-corrected chi connectivity index (χ4v) is 1.07. The Hall–Kier alpha value is -1.40. The number of nitro groups is 1. The molecule has 0 spiro atoms. The molecule has 0 amide bonds. The molecule has 5 nitrogen and oxygen atoms in total. The average Bonchev–Trinajstić information content (AvgIpc) is 2.26. The first-order valence-electron chi connectivity index (χ1n) is 4.35. The Labute approximate surface area is 95.6 Å². The van der Waals surface area contributed by atoms with Crippen LogP contribution in [0, 0.1) is 15.9 Å². The number of nitrogens with zero attached hydrogens (tertiary/aromatic N) is 1. The van der Waals surface area contributed by atoms with Crippen molar-refractivity contribution in [1.82, 2.24) is 0 Å². The number of hydrogen-bond donors (Lipinski definition) is 1. The lowest BCUT2D eigenvalue weighted by Gasteiger charge is -2.09. The zero-order chi connectivity index (χ0) is 12.1. The molecule has 0 bridgehead atoms. The lowest BCUT2D eigenvalue weighted by molar-refractivity contribution is -0.386. The van der Waals surface area contributed by atoms with Crippen molar-refractivity contribution in [2.75, 3.05) is 12.5 Å².